The summed E-state index contributed by atoms with van der Waals surface area (Å²) in [4.78, 5) is 17.1. The molecule has 0 spiro atoms. The minimum atomic E-state index is -0.250. The largest absolute Gasteiger partial charge is 0.494 e. The smallest absolute Gasteiger partial charge is 0.250 e. The molecule has 1 amide bonds. The number of pyridine rings is 1. The second kappa shape index (κ2) is 12.0. The van der Waals surface area contributed by atoms with E-state index in [4.69, 9.17) is 4.74 Å². The Hall–Kier alpha value is -5.02. The van der Waals surface area contributed by atoms with Crippen LogP contribution in [-0.2, 0) is 4.79 Å². The number of nitrogens with zero attached hydrogens (tertiary/aromatic N) is 5. The molecule has 4 aromatic carbocycles. The Balaban J connectivity index is 1.22. The molecule has 0 aliphatic carbocycles. The second-order valence-corrected chi connectivity index (χ2v) is 10.1. The topological polar surface area (TPSA) is 94.3 Å². The summed E-state index contributed by atoms with van der Waals surface area (Å²) in [7, 11) is 0. The van der Waals surface area contributed by atoms with Crippen LogP contribution in [-0.4, -0.2) is 44.2 Å². The molecule has 0 fully saturated rings. The Kier molecular flexibility index (Phi) is 7.68. The van der Waals surface area contributed by atoms with Gasteiger partial charge in [-0.1, -0.05) is 60.3 Å². The van der Waals surface area contributed by atoms with Crippen molar-refractivity contribution in [3.05, 3.63) is 109 Å². The van der Waals surface area contributed by atoms with Crippen LogP contribution in [0.1, 0.15) is 12.5 Å². The Morgan fingerprint density at radius 2 is 1.68 bits per heavy atom. The van der Waals surface area contributed by atoms with E-state index in [2.05, 4.69) is 56.0 Å². The van der Waals surface area contributed by atoms with E-state index in [1.165, 1.54) is 11.8 Å². The van der Waals surface area contributed by atoms with Gasteiger partial charge in [-0.05, 0) is 70.9 Å². The number of hydrogen-bond donors (Lipinski definition) is 1. The fourth-order valence-corrected chi connectivity index (χ4v) is 5.40. The van der Waals surface area contributed by atoms with E-state index in [0.717, 1.165) is 44.1 Å². The van der Waals surface area contributed by atoms with Gasteiger partial charge in [-0.15, -0.1) is 10.2 Å². The number of fused-ring (bicyclic) bond motifs is 2. The highest BCUT2D eigenvalue weighted by Crippen LogP contribution is 2.29. The van der Waals surface area contributed by atoms with Crippen LogP contribution in [0.5, 0.6) is 5.75 Å². The maximum absolute atomic E-state index is 12.8. The molecular formula is C32H26N6O2S. The summed E-state index contributed by atoms with van der Waals surface area (Å²) in [5.41, 5.74) is 5.30. The summed E-state index contributed by atoms with van der Waals surface area (Å²) in [6.45, 7) is 2.53. The normalized spacial score (nSPS) is 11.3. The van der Waals surface area contributed by atoms with Gasteiger partial charge in [-0.2, -0.15) is 5.10 Å². The Morgan fingerprint density at radius 3 is 2.37 bits per heavy atom. The van der Waals surface area contributed by atoms with Crippen molar-refractivity contribution in [1.29, 1.82) is 0 Å². The maximum Gasteiger partial charge on any atom is 0.250 e. The molecule has 0 saturated carbocycles. The first kappa shape index (κ1) is 26.2. The number of aromatic nitrogens is 4. The highest BCUT2D eigenvalue weighted by Gasteiger charge is 2.17. The van der Waals surface area contributed by atoms with Crippen LogP contribution in [0.3, 0.4) is 0 Å². The lowest BCUT2D eigenvalue weighted by Crippen LogP contribution is -2.20. The highest BCUT2D eigenvalue weighted by atomic mass is 32.2. The molecule has 6 rings (SSSR count). The number of ether oxygens (including phenoxy) is 1. The maximum atomic E-state index is 12.8. The molecule has 1 N–H and O–H groups in total. The molecule has 6 aromatic rings. The summed E-state index contributed by atoms with van der Waals surface area (Å²) in [6.07, 6.45) is 5.17. The number of carbonyl (C=O) groups is 1. The van der Waals surface area contributed by atoms with Gasteiger partial charge in [0, 0.05) is 29.2 Å². The number of hydrogen-bond acceptors (Lipinski definition) is 7. The number of rotatable bonds is 9. The van der Waals surface area contributed by atoms with Gasteiger partial charge in [0.05, 0.1) is 18.6 Å². The van der Waals surface area contributed by atoms with Crippen molar-refractivity contribution >= 4 is 45.4 Å². The molecule has 0 aliphatic heterocycles. The highest BCUT2D eigenvalue weighted by molar-refractivity contribution is 7.99. The standard InChI is InChI=1S/C32H26N6O2S/c1-2-40-26-15-13-25(14-16-26)38-31(24-10-7-17-33-19-24)36-37-32(38)41-21-30(39)35-34-20-29-27-11-5-3-8-22(27)18-23-9-4-6-12-28(23)29/h3-20H,2,21H2,1H3,(H,35,39)/b34-20-. The summed E-state index contributed by atoms with van der Waals surface area (Å²) < 4.78 is 7.51. The molecule has 0 atom stereocenters. The van der Waals surface area contributed by atoms with Gasteiger partial charge in [-0.3, -0.25) is 14.3 Å². The molecule has 41 heavy (non-hydrogen) atoms. The van der Waals surface area contributed by atoms with Gasteiger partial charge in [0.1, 0.15) is 5.75 Å². The van der Waals surface area contributed by atoms with Crippen LogP contribution in [0.4, 0.5) is 0 Å². The first-order chi connectivity index (χ1) is 20.2. The van der Waals surface area contributed by atoms with Crippen LogP contribution in [0.15, 0.2) is 114 Å². The number of thioether (sulfide) groups is 1. The Bertz CT molecular complexity index is 1800. The van der Waals surface area contributed by atoms with Gasteiger partial charge < -0.3 is 4.74 Å². The summed E-state index contributed by atoms with van der Waals surface area (Å²) in [5.74, 6) is 1.26. The van der Waals surface area contributed by atoms with Crippen molar-refractivity contribution in [2.75, 3.05) is 12.4 Å². The van der Waals surface area contributed by atoms with Gasteiger partial charge in [0.2, 0.25) is 0 Å². The van der Waals surface area contributed by atoms with Crippen molar-refractivity contribution in [3.8, 4) is 22.8 Å². The number of benzene rings is 4. The third-order valence-electron chi connectivity index (χ3n) is 6.49. The molecule has 0 saturated heterocycles. The zero-order valence-corrected chi connectivity index (χ0v) is 23.1. The molecule has 0 radical (unpaired) electrons. The van der Waals surface area contributed by atoms with E-state index in [0.29, 0.717) is 17.6 Å². The number of carbonyl (C=O) groups excluding carboxylic acids is 1. The molecule has 2 aromatic heterocycles. The fraction of sp³-hybridized carbons (Fsp3) is 0.0938. The Morgan fingerprint density at radius 1 is 0.951 bits per heavy atom. The number of nitrogens with one attached hydrogen (secondary N) is 1. The van der Waals surface area contributed by atoms with E-state index in [1.54, 1.807) is 18.6 Å². The van der Waals surface area contributed by atoms with E-state index < -0.39 is 0 Å². The molecule has 202 valence electrons. The molecule has 0 bridgehead atoms. The van der Waals surface area contributed by atoms with Crippen LogP contribution in [0.2, 0.25) is 0 Å². The first-order valence-electron chi connectivity index (χ1n) is 13.2. The van der Waals surface area contributed by atoms with Gasteiger partial charge in [0.25, 0.3) is 5.91 Å². The third-order valence-corrected chi connectivity index (χ3v) is 7.42. The predicted octanol–water partition coefficient (Wildman–Crippen LogP) is 6.28. The van der Waals surface area contributed by atoms with Gasteiger partial charge in [-0.25, -0.2) is 5.43 Å². The minimum absolute atomic E-state index is 0.107. The van der Waals surface area contributed by atoms with E-state index >= 15 is 0 Å². The second-order valence-electron chi connectivity index (χ2n) is 9.12. The van der Waals surface area contributed by atoms with Crippen molar-refractivity contribution in [3.63, 3.8) is 0 Å². The summed E-state index contributed by atoms with van der Waals surface area (Å²) in [6, 6.07) is 30.0. The van der Waals surface area contributed by atoms with Gasteiger partial charge >= 0.3 is 0 Å². The lowest BCUT2D eigenvalue weighted by molar-refractivity contribution is -0.118. The summed E-state index contributed by atoms with van der Waals surface area (Å²) >= 11 is 1.28. The van der Waals surface area contributed by atoms with Crippen molar-refractivity contribution in [2.45, 2.75) is 12.1 Å². The third kappa shape index (κ3) is 5.66. The van der Waals surface area contributed by atoms with E-state index in [1.807, 2.05) is 72.2 Å². The zero-order valence-electron chi connectivity index (χ0n) is 22.3. The van der Waals surface area contributed by atoms with Crippen LogP contribution < -0.4 is 10.2 Å². The lowest BCUT2D eigenvalue weighted by atomic mass is 9.97. The molecule has 2 heterocycles. The van der Waals surface area contributed by atoms with Crippen LogP contribution in [0.25, 0.3) is 38.6 Å². The van der Waals surface area contributed by atoms with Crippen molar-refractivity contribution < 1.29 is 9.53 Å². The summed E-state index contributed by atoms with van der Waals surface area (Å²) in [5, 5.41) is 18.1. The van der Waals surface area contributed by atoms with Gasteiger partial charge in [0.15, 0.2) is 11.0 Å². The molecular weight excluding hydrogens is 532 g/mol. The number of amides is 1. The first-order valence-corrected chi connectivity index (χ1v) is 14.1. The lowest BCUT2D eigenvalue weighted by Gasteiger charge is -2.11. The predicted molar refractivity (Wildman–Crippen MR) is 164 cm³/mol. The number of hydrazone groups is 1. The molecule has 0 aliphatic rings. The zero-order chi connectivity index (χ0) is 28.0. The average Bonchev–Trinajstić information content (AvgIpc) is 3.44. The van der Waals surface area contributed by atoms with Crippen molar-refractivity contribution in [2.24, 2.45) is 5.10 Å². The monoisotopic (exact) mass is 558 g/mol. The molecule has 9 heteroatoms. The quantitative estimate of drug-likeness (QED) is 0.0972. The molecule has 0 unspecified atom stereocenters. The van der Waals surface area contributed by atoms with E-state index in [9.17, 15) is 4.79 Å². The van der Waals surface area contributed by atoms with Crippen molar-refractivity contribution in [1.82, 2.24) is 25.2 Å². The SMILES string of the molecule is CCOc1ccc(-n2c(SCC(=O)N/N=C\c3c4ccccc4cc4ccccc34)nnc2-c2cccnc2)cc1. The Labute approximate surface area is 241 Å². The molecule has 8 nitrogen and oxygen atoms in total. The van der Waals surface area contributed by atoms with Crippen LogP contribution >= 0.6 is 11.8 Å². The fourth-order valence-electron chi connectivity index (χ4n) is 4.66. The minimum Gasteiger partial charge on any atom is -0.494 e. The average molecular weight is 559 g/mol. The van der Waals surface area contributed by atoms with Crippen LogP contribution in [0, 0.1) is 0 Å². The van der Waals surface area contributed by atoms with E-state index in [-0.39, 0.29) is 11.7 Å².